The lowest BCUT2D eigenvalue weighted by Gasteiger charge is -2.24. The van der Waals surface area contributed by atoms with Gasteiger partial charge in [0.2, 0.25) is 5.82 Å². The quantitative estimate of drug-likeness (QED) is 0.564. The number of carbonyl (C=O) groups is 2. The molecule has 34 heavy (non-hydrogen) atoms. The smallest absolute Gasteiger partial charge is 0.475 e. The molecule has 0 radical (unpaired) electrons. The standard InChI is InChI=1S/C18H18FN7O.C2HF3O2/c1-24(14-6-10-25(11-14)13-4-8-20-9-5-13)18(27)16-22-12-26(23-16)17-15(19)3-2-7-21-17;3-2(4,5)1(6)7/h2-5,7-9,12,14H,6,10-11H2,1H3;(H,6,7). The lowest BCUT2D eigenvalue weighted by Crippen LogP contribution is -2.39. The van der Waals surface area contributed by atoms with E-state index in [1.54, 1.807) is 24.3 Å². The Morgan fingerprint density at radius 3 is 2.44 bits per heavy atom. The Kier molecular flexibility index (Phi) is 7.38. The van der Waals surface area contributed by atoms with Crippen LogP contribution in [0.4, 0.5) is 23.2 Å². The zero-order valence-corrected chi connectivity index (χ0v) is 17.7. The third-order valence-corrected chi connectivity index (χ3v) is 4.94. The molecule has 0 aromatic carbocycles. The first-order valence-corrected chi connectivity index (χ1v) is 9.82. The number of carbonyl (C=O) groups excluding carboxylic acids is 1. The minimum Gasteiger partial charge on any atom is -0.475 e. The molecular weight excluding hydrogens is 462 g/mol. The molecule has 180 valence electrons. The van der Waals surface area contributed by atoms with Gasteiger partial charge in [-0.2, -0.15) is 17.9 Å². The summed E-state index contributed by atoms with van der Waals surface area (Å²) in [6.07, 6.45) is 2.03. The predicted octanol–water partition coefficient (Wildman–Crippen LogP) is 2.18. The van der Waals surface area contributed by atoms with Crippen LogP contribution in [0.5, 0.6) is 0 Å². The number of likely N-dealkylation sites (N-methyl/N-ethyl adjacent to an activating group) is 1. The van der Waals surface area contributed by atoms with Crippen LogP contribution in [-0.4, -0.2) is 79.0 Å². The Labute approximate surface area is 190 Å². The molecule has 0 bridgehead atoms. The number of pyridine rings is 2. The molecule has 1 aliphatic heterocycles. The van der Waals surface area contributed by atoms with Gasteiger partial charge in [-0.3, -0.25) is 9.78 Å². The summed E-state index contributed by atoms with van der Waals surface area (Å²) in [5, 5.41) is 11.2. The van der Waals surface area contributed by atoms with Crippen LogP contribution in [0.15, 0.2) is 49.2 Å². The summed E-state index contributed by atoms with van der Waals surface area (Å²) in [5.41, 5.74) is 1.08. The van der Waals surface area contributed by atoms with Crippen LogP contribution >= 0.6 is 0 Å². The highest BCUT2D eigenvalue weighted by Gasteiger charge is 2.38. The van der Waals surface area contributed by atoms with Gasteiger partial charge in [-0.15, -0.1) is 5.10 Å². The number of nitrogens with zero attached hydrogens (tertiary/aromatic N) is 7. The molecule has 1 N–H and O–H groups in total. The average Bonchev–Trinajstić information content (AvgIpc) is 3.49. The summed E-state index contributed by atoms with van der Waals surface area (Å²) < 4.78 is 46.7. The van der Waals surface area contributed by atoms with Gasteiger partial charge in [-0.05, 0) is 30.7 Å². The lowest BCUT2D eigenvalue weighted by molar-refractivity contribution is -0.192. The highest BCUT2D eigenvalue weighted by molar-refractivity contribution is 5.90. The largest absolute Gasteiger partial charge is 0.490 e. The molecule has 1 fully saturated rings. The van der Waals surface area contributed by atoms with Crippen molar-refractivity contribution in [3.63, 3.8) is 0 Å². The Hall–Kier alpha value is -4.10. The average molecular weight is 481 g/mol. The summed E-state index contributed by atoms with van der Waals surface area (Å²) in [7, 11) is 1.74. The van der Waals surface area contributed by atoms with Gasteiger partial charge in [0.15, 0.2) is 11.6 Å². The molecule has 4 heterocycles. The zero-order valence-electron chi connectivity index (χ0n) is 17.7. The van der Waals surface area contributed by atoms with Gasteiger partial charge in [0.1, 0.15) is 6.33 Å². The summed E-state index contributed by atoms with van der Waals surface area (Å²) in [4.78, 5) is 37.5. The second-order valence-electron chi connectivity index (χ2n) is 7.13. The molecule has 10 nitrogen and oxygen atoms in total. The fraction of sp³-hybridized carbons (Fsp3) is 0.300. The molecule has 0 saturated carbocycles. The topological polar surface area (TPSA) is 117 Å². The number of anilines is 1. The second kappa shape index (κ2) is 10.2. The number of halogens is 4. The number of carboxylic acid groups (broad SMARTS) is 1. The molecule has 1 saturated heterocycles. The van der Waals surface area contributed by atoms with E-state index in [4.69, 9.17) is 9.90 Å². The summed E-state index contributed by atoms with van der Waals surface area (Å²) in [5.74, 6) is -3.56. The van der Waals surface area contributed by atoms with Crippen molar-refractivity contribution < 1.29 is 32.3 Å². The van der Waals surface area contributed by atoms with Crippen LogP contribution in [0.1, 0.15) is 17.0 Å². The van der Waals surface area contributed by atoms with E-state index in [0.29, 0.717) is 0 Å². The van der Waals surface area contributed by atoms with E-state index in [2.05, 4.69) is 25.0 Å². The maximum Gasteiger partial charge on any atom is 0.490 e. The number of alkyl halides is 3. The Morgan fingerprint density at radius 2 is 1.82 bits per heavy atom. The van der Waals surface area contributed by atoms with Crippen LogP contribution in [-0.2, 0) is 4.79 Å². The highest BCUT2D eigenvalue weighted by atomic mass is 19.4. The van der Waals surface area contributed by atoms with Gasteiger partial charge in [-0.1, -0.05) is 0 Å². The van der Waals surface area contributed by atoms with E-state index < -0.39 is 18.0 Å². The zero-order chi connectivity index (χ0) is 24.9. The van der Waals surface area contributed by atoms with Crippen molar-refractivity contribution >= 4 is 17.6 Å². The Morgan fingerprint density at radius 1 is 1.15 bits per heavy atom. The monoisotopic (exact) mass is 481 g/mol. The predicted molar refractivity (Wildman–Crippen MR) is 110 cm³/mol. The van der Waals surface area contributed by atoms with E-state index >= 15 is 0 Å². The number of carboxylic acids is 1. The van der Waals surface area contributed by atoms with Crippen LogP contribution in [0.25, 0.3) is 5.82 Å². The van der Waals surface area contributed by atoms with Crippen molar-refractivity contribution in [1.29, 1.82) is 0 Å². The van der Waals surface area contributed by atoms with Gasteiger partial charge in [0, 0.05) is 44.4 Å². The molecule has 1 unspecified atom stereocenters. The number of aliphatic carboxylic acids is 1. The van der Waals surface area contributed by atoms with Crippen molar-refractivity contribution in [3.8, 4) is 5.82 Å². The second-order valence-corrected chi connectivity index (χ2v) is 7.13. The molecule has 3 aromatic rings. The third kappa shape index (κ3) is 5.82. The number of amides is 1. The normalized spacial score (nSPS) is 15.4. The maximum absolute atomic E-state index is 13.8. The number of hydrogen-bond donors (Lipinski definition) is 1. The van der Waals surface area contributed by atoms with Gasteiger partial charge < -0.3 is 14.9 Å². The lowest BCUT2D eigenvalue weighted by atomic mass is 10.2. The highest BCUT2D eigenvalue weighted by Crippen LogP contribution is 2.22. The van der Waals surface area contributed by atoms with Crippen molar-refractivity contribution in [2.45, 2.75) is 18.6 Å². The molecule has 0 aliphatic carbocycles. The van der Waals surface area contributed by atoms with Crippen molar-refractivity contribution in [2.24, 2.45) is 0 Å². The first-order chi connectivity index (χ1) is 16.1. The van der Waals surface area contributed by atoms with E-state index in [1.165, 1.54) is 29.3 Å². The molecule has 0 spiro atoms. The number of aromatic nitrogens is 5. The third-order valence-electron chi connectivity index (χ3n) is 4.94. The molecule has 14 heteroatoms. The molecular formula is C20H19F4N7O3. The van der Waals surface area contributed by atoms with E-state index in [0.717, 1.165) is 25.2 Å². The number of hydrogen-bond acceptors (Lipinski definition) is 7. The van der Waals surface area contributed by atoms with Gasteiger partial charge >= 0.3 is 12.1 Å². The van der Waals surface area contributed by atoms with Crippen LogP contribution < -0.4 is 4.90 Å². The summed E-state index contributed by atoms with van der Waals surface area (Å²) in [6.45, 7) is 1.58. The number of rotatable bonds is 4. The van der Waals surface area contributed by atoms with Gasteiger partial charge in [-0.25, -0.2) is 19.2 Å². The Balaban J connectivity index is 0.000000406. The van der Waals surface area contributed by atoms with Gasteiger partial charge in [0.25, 0.3) is 5.91 Å². The van der Waals surface area contributed by atoms with Gasteiger partial charge in [0.05, 0.1) is 6.04 Å². The maximum atomic E-state index is 13.8. The first kappa shape index (κ1) is 24.5. The van der Waals surface area contributed by atoms with E-state index in [9.17, 15) is 22.4 Å². The van der Waals surface area contributed by atoms with Crippen molar-refractivity contribution in [1.82, 2.24) is 29.6 Å². The molecule has 1 amide bonds. The van der Waals surface area contributed by atoms with E-state index in [-0.39, 0.29) is 23.6 Å². The fourth-order valence-corrected chi connectivity index (χ4v) is 3.18. The molecule has 3 aromatic heterocycles. The summed E-state index contributed by atoms with van der Waals surface area (Å²) >= 11 is 0. The van der Waals surface area contributed by atoms with Crippen LogP contribution in [0.2, 0.25) is 0 Å². The minimum absolute atomic E-state index is 0.0106. The summed E-state index contributed by atoms with van der Waals surface area (Å²) in [6, 6.07) is 6.72. The van der Waals surface area contributed by atoms with Crippen molar-refractivity contribution in [2.75, 3.05) is 25.0 Å². The van der Waals surface area contributed by atoms with Crippen molar-refractivity contribution in [3.05, 3.63) is 60.8 Å². The van der Waals surface area contributed by atoms with Crippen LogP contribution in [0.3, 0.4) is 0 Å². The van der Waals surface area contributed by atoms with Crippen LogP contribution in [0, 0.1) is 5.82 Å². The molecule has 4 rings (SSSR count). The first-order valence-electron chi connectivity index (χ1n) is 9.82. The minimum atomic E-state index is -5.08. The fourth-order valence-electron chi connectivity index (χ4n) is 3.18. The molecule has 1 aliphatic rings. The molecule has 1 atom stereocenters. The van der Waals surface area contributed by atoms with E-state index in [1.807, 2.05) is 12.1 Å². The Bertz CT molecular complexity index is 1140. The SMILES string of the molecule is CN(C(=O)c1ncn(-c2ncccc2F)n1)C1CCN(c2ccncc2)C1.O=C(O)C(F)(F)F.